The zero-order chi connectivity index (χ0) is 20.4. The number of aryl methyl sites for hydroxylation is 1. The van der Waals surface area contributed by atoms with Gasteiger partial charge in [0.2, 0.25) is 5.91 Å². The summed E-state index contributed by atoms with van der Waals surface area (Å²) in [5.74, 6) is -0.379. The Morgan fingerprint density at radius 2 is 1.97 bits per heavy atom. The van der Waals surface area contributed by atoms with Crippen LogP contribution in [0.5, 0.6) is 0 Å². The predicted octanol–water partition coefficient (Wildman–Crippen LogP) is 3.78. The first-order valence-corrected chi connectivity index (χ1v) is 10.2. The maximum atomic E-state index is 14.2. The molecule has 29 heavy (non-hydrogen) atoms. The van der Waals surface area contributed by atoms with Crippen LogP contribution in [0.4, 0.5) is 8.78 Å². The molecule has 3 aliphatic carbocycles. The Bertz CT molecular complexity index is 1030. The van der Waals surface area contributed by atoms with Gasteiger partial charge in [0.15, 0.2) is 0 Å². The zero-order valence-electron chi connectivity index (χ0n) is 16.4. The monoisotopic (exact) mass is 398 g/mol. The number of rotatable bonds is 4. The summed E-state index contributed by atoms with van der Waals surface area (Å²) in [5.41, 5.74) is 1.16. The number of pyridine rings is 1. The number of hydrogen-bond donors (Lipinski definition) is 0. The first kappa shape index (κ1) is 18.5. The van der Waals surface area contributed by atoms with Crippen LogP contribution in [0.2, 0.25) is 0 Å². The minimum Gasteiger partial charge on any atom is -0.332 e. The minimum atomic E-state index is -1.08. The number of carbonyl (C=O) groups is 1. The van der Waals surface area contributed by atoms with E-state index in [9.17, 15) is 18.4 Å². The summed E-state index contributed by atoms with van der Waals surface area (Å²) >= 11 is 0. The number of hydrogen-bond acceptors (Lipinski definition) is 2. The second-order valence-corrected chi connectivity index (χ2v) is 9.34. The molecule has 2 aromatic rings. The molecule has 6 heteroatoms. The molecule has 2 bridgehead atoms. The SMILES string of the molecule is Cc1ccn(CC23CC(C(=O)N4CC(F)CC4c4cccc(F)c4)(C2)C3)c(=O)c1. The van der Waals surface area contributed by atoms with Crippen molar-refractivity contribution in [1.29, 1.82) is 0 Å². The normalized spacial score (nSPS) is 32.6. The summed E-state index contributed by atoms with van der Waals surface area (Å²) in [5, 5.41) is 0. The van der Waals surface area contributed by atoms with Gasteiger partial charge in [-0.3, -0.25) is 9.59 Å². The second kappa shape index (κ2) is 6.25. The van der Waals surface area contributed by atoms with Gasteiger partial charge in [0.05, 0.1) is 18.0 Å². The molecule has 4 aliphatic rings. The maximum Gasteiger partial charge on any atom is 0.250 e. The maximum absolute atomic E-state index is 14.2. The Hall–Kier alpha value is -2.50. The number of aromatic nitrogens is 1. The van der Waals surface area contributed by atoms with Crippen LogP contribution in [0, 0.1) is 23.6 Å². The van der Waals surface area contributed by atoms with Crippen LogP contribution in [0.3, 0.4) is 0 Å². The number of halogens is 2. The van der Waals surface area contributed by atoms with Crippen molar-refractivity contribution in [1.82, 2.24) is 9.47 Å². The largest absolute Gasteiger partial charge is 0.332 e. The van der Waals surface area contributed by atoms with E-state index in [1.165, 1.54) is 12.1 Å². The molecule has 4 nitrogen and oxygen atoms in total. The van der Waals surface area contributed by atoms with Crippen molar-refractivity contribution in [2.45, 2.75) is 51.4 Å². The van der Waals surface area contributed by atoms with Crippen LogP contribution in [-0.2, 0) is 11.3 Å². The van der Waals surface area contributed by atoms with Gasteiger partial charge in [0.25, 0.3) is 5.56 Å². The van der Waals surface area contributed by atoms with Crippen LogP contribution in [0.15, 0.2) is 47.4 Å². The molecule has 0 radical (unpaired) electrons. The molecule has 1 saturated heterocycles. The lowest BCUT2D eigenvalue weighted by Gasteiger charge is -2.70. The van der Waals surface area contributed by atoms with E-state index in [2.05, 4.69) is 0 Å². The summed E-state index contributed by atoms with van der Waals surface area (Å²) < 4.78 is 29.6. The van der Waals surface area contributed by atoms with Gasteiger partial charge in [-0.25, -0.2) is 8.78 Å². The highest BCUT2D eigenvalue weighted by molar-refractivity contribution is 5.87. The van der Waals surface area contributed by atoms with E-state index >= 15 is 0 Å². The number of carbonyl (C=O) groups excluding carboxylic acids is 1. The first-order valence-electron chi connectivity index (χ1n) is 10.2. The second-order valence-electron chi connectivity index (χ2n) is 9.34. The van der Waals surface area contributed by atoms with Crippen LogP contribution in [-0.4, -0.2) is 28.1 Å². The summed E-state index contributed by atoms with van der Waals surface area (Å²) in [4.78, 5) is 27.1. The predicted molar refractivity (Wildman–Crippen MR) is 105 cm³/mol. The quantitative estimate of drug-likeness (QED) is 0.787. The molecule has 2 heterocycles. The van der Waals surface area contributed by atoms with Crippen molar-refractivity contribution in [3.05, 3.63) is 69.9 Å². The third kappa shape index (κ3) is 2.92. The Kier molecular flexibility index (Phi) is 3.99. The van der Waals surface area contributed by atoms with Gasteiger partial charge in [-0.2, -0.15) is 0 Å². The smallest absolute Gasteiger partial charge is 0.250 e. The molecule has 152 valence electrons. The molecule has 6 rings (SSSR count). The molecule has 1 aliphatic heterocycles. The van der Waals surface area contributed by atoms with E-state index in [4.69, 9.17) is 0 Å². The fourth-order valence-electron chi connectivity index (χ4n) is 5.84. The van der Waals surface area contributed by atoms with Crippen LogP contribution < -0.4 is 5.56 Å². The highest BCUT2D eigenvalue weighted by Crippen LogP contribution is 2.74. The summed E-state index contributed by atoms with van der Waals surface area (Å²) in [6, 6.07) is 9.27. The lowest BCUT2D eigenvalue weighted by molar-refractivity contribution is -0.222. The standard InChI is InChI=1S/C23H24F2N2O2/c1-15-5-6-26(20(28)7-15)14-22-11-23(12-22,13-22)21(29)27-10-18(25)9-19(27)16-3-2-4-17(24)8-16/h2-8,18-19H,9-14H2,1H3. The van der Waals surface area contributed by atoms with E-state index in [1.54, 1.807) is 27.7 Å². The van der Waals surface area contributed by atoms with Gasteiger partial charge in [-0.05, 0) is 60.9 Å². The van der Waals surface area contributed by atoms with Gasteiger partial charge < -0.3 is 9.47 Å². The first-order chi connectivity index (χ1) is 13.8. The molecule has 2 unspecified atom stereocenters. The van der Waals surface area contributed by atoms with Crippen LogP contribution in [0.1, 0.15) is 42.9 Å². The van der Waals surface area contributed by atoms with Crippen LogP contribution >= 0.6 is 0 Å². The van der Waals surface area contributed by atoms with E-state index in [0.717, 1.165) is 24.8 Å². The van der Waals surface area contributed by atoms with Gasteiger partial charge >= 0.3 is 0 Å². The van der Waals surface area contributed by atoms with E-state index < -0.39 is 17.6 Å². The molecule has 1 aromatic heterocycles. The average Bonchev–Trinajstić information content (AvgIpc) is 3.00. The van der Waals surface area contributed by atoms with Gasteiger partial charge in [0.1, 0.15) is 12.0 Å². The Labute approximate surface area is 168 Å². The molecule has 2 atom stereocenters. The fourth-order valence-corrected chi connectivity index (χ4v) is 5.84. The molecule has 1 aromatic carbocycles. The van der Waals surface area contributed by atoms with Crippen molar-refractivity contribution >= 4 is 5.91 Å². The summed E-state index contributed by atoms with van der Waals surface area (Å²) in [7, 11) is 0. The van der Waals surface area contributed by atoms with Crippen molar-refractivity contribution in [2.75, 3.05) is 6.54 Å². The summed E-state index contributed by atoms with van der Waals surface area (Å²) in [6.45, 7) is 2.59. The number of benzene rings is 1. The lowest BCUT2D eigenvalue weighted by Crippen LogP contribution is -2.69. The summed E-state index contributed by atoms with van der Waals surface area (Å²) in [6.07, 6.45) is 3.17. The Balaban J connectivity index is 1.30. The molecular formula is C23H24F2N2O2. The third-order valence-electron chi connectivity index (χ3n) is 7.00. The number of amides is 1. The Morgan fingerprint density at radius 3 is 2.66 bits per heavy atom. The Morgan fingerprint density at radius 1 is 1.21 bits per heavy atom. The molecule has 3 saturated carbocycles. The van der Waals surface area contributed by atoms with E-state index in [1.807, 2.05) is 19.2 Å². The van der Waals surface area contributed by atoms with Crippen molar-refractivity contribution in [3.8, 4) is 0 Å². The number of alkyl halides is 1. The van der Waals surface area contributed by atoms with E-state index in [0.29, 0.717) is 12.1 Å². The number of nitrogens with zero attached hydrogens (tertiary/aromatic N) is 2. The van der Waals surface area contributed by atoms with Crippen molar-refractivity contribution in [3.63, 3.8) is 0 Å². The number of likely N-dealkylation sites (tertiary alicyclic amines) is 1. The molecule has 4 fully saturated rings. The minimum absolute atomic E-state index is 0.00205. The van der Waals surface area contributed by atoms with E-state index in [-0.39, 0.29) is 35.7 Å². The topological polar surface area (TPSA) is 42.3 Å². The molecule has 1 amide bonds. The molecular weight excluding hydrogens is 374 g/mol. The average molecular weight is 398 g/mol. The lowest BCUT2D eigenvalue weighted by atomic mass is 9.34. The zero-order valence-corrected chi connectivity index (χ0v) is 16.4. The van der Waals surface area contributed by atoms with Crippen molar-refractivity contribution < 1.29 is 13.6 Å². The molecule has 0 N–H and O–H groups in total. The fraction of sp³-hybridized carbons (Fsp3) is 0.478. The van der Waals surface area contributed by atoms with Gasteiger partial charge in [-0.15, -0.1) is 0 Å². The van der Waals surface area contributed by atoms with Crippen molar-refractivity contribution in [2.24, 2.45) is 10.8 Å². The van der Waals surface area contributed by atoms with Gasteiger partial charge in [0, 0.05) is 25.2 Å². The van der Waals surface area contributed by atoms with Crippen LogP contribution in [0.25, 0.3) is 0 Å². The highest BCUT2D eigenvalue weighted by Gasteiger charge is 2.72. The molecule has 0 spiro atoms. The highest BCUT2D eigenvalue weighted by atomic mass is 19.1. The van der Waals surface area contributed by atoms with Gasteiger partial charge in [-0.1, -0.05) is 12.1 Å². The third-order valence-corrected chi connectivity index (χ3v) is 7.00.